The second-order valence-corrected chi connectivity index (χ2v) is 7.66. The van der Waals surface area contributed by atoms with Crippen LogP contribution in [0.25, 0.3) is 0 Å². The average molecular weight is 314 g/mol. The fraction of sp³-hybridized carbons (Fsp3) is 0.500. The smallest absolute Gasteiger partial charge is 0.0280 e. The second kappa shape index (κ2) is 7.43. The summed E-state index contributed by atoms with van der Waals surface area (Å²) in [7, 11) is 0. The molecule has 1 aliphatic carbocycles. The van der Waals surface area contributed by atoms with E-state index in [2.05, 4.69) is 60.1 Å². The molecule has 0 spiro atoms. The van der Waals surface area contributed by atoms with E-state index in [9.17, 15) is 0 Å². The summed E-state index contributed by atoms with van der Waals surface area (Å²) < 4.78 is 0. The quantitative estimate of drug-likeness (QED) is 0.756. The van der Waals surface area contributed by atoms with Crippen LogP contribution in [0.2, 0.25) is 0 Å². The molecule has 1 heterocycles. The molecule has 1 aromatic carbocycles. The number of thiophene rings is 1. The van der Waals surface area contributed by atoms with Gasteiger partial charge in [-0.25, -0.2) is 0 Å². The van der Waals surface area contributed by atoms with Crippen molar-refractivity contribution in [3.63, 3.8) is 0 Å². The van der Waals surface area contributed by atoms with Crippen molar-refractivity contribution < 1.29 is 0 Å². The molecular weight excluding hydrogens is 286 g/mol. The Labute approximate surface area is 138 Å². The van der Waals surface area contributed by atoms with E-state index in [1.54, 1.807) is 0 Å². The minimum Gasteiger partial charge on any atom is -0.314 e. The van der Waals surface area contributed by atoms with Gasteiger partial charge in [0.15, 0.2) is 0 Å². The highest BCUT2D eigenvalue weighted by molar-refractivity contribution is 7.10. The second-order valence-electron chi connectivity index (χ2n) is 6.71. The fourth-order valence-corrected chi connectivity index (χ4v) is 4.58. The van der Waals surface area contributed by atoms with Crippen molar-refractivity contribution in [1.82, 2.24) is 5.32 Å². The number of hydrogen-bond acceptors (Lipinski definition) is 2. The van der Waals surface area contributed by atoms with Gasteiger partial charge in [0.05, 0.1) is 0 Å². The SMILES string of the molecule is CC(CCNC1CCCCC1)(c1ccccc1)c1cccs1. The van der Waals surface area contributed by atoms with E-state index in [-0.39, 0.29) is 5.41 Å². The Balaban J connectivity index is 1.69. The lowest BCUT2D eigenvalue weighted by Crippen LogP contribution is -2.35. The monoisotopic (exact) mass is 313 g/mol. The number of rotatable bonds is 6. The van der Waals surface area contributed by atoms with Crippen molar-refractivity contribution in [2.24, 2.45) is 0 Å². The number of benzene rings is 1. The standard InChI is InChI=1S/C20H27NS/c1-20(19-13-8-16-22-19,17-9-4-2-5-10-17)14-15-21-18-11-6-3-7-12-18/h2,4-5,8-10,13,16,18,21H,3,6-7,11-12,14-15H2,1H3. The third kappa shape index (κ3) is 3.61. The Morgan fingerprint density at radius 1 is 1.05 bits per heavy atom. The summed E-state index contributed by atoms with van der Waals surface area (Å²) in [6.45, 7) is 3.50. The van der Waals surface area contributed by atoms with Crippen molar-refractivity contribution in [3.8, 4) is 0 Å². The van der Waals surface area contributed by atoms with Crippen LogP contribution in [0.3, 0.4) is 0 Å². The molecule has 2 aromatic rings. The Kier molecular flexibility index (Phi) is 5.32. The zero-order chi connectivity index (χ0) is 15.3. The predicted molar refractivity (Wildman–Crippen MR) is 96.7 cm³/mol. The van der Waals surface area contributed by atoms with Crippen molar-refractivity contribution in [1.29, 1.82) is 0 Å². The maximum atomic E-state index is 3.81. The van der Waals surface area contributed by atoms with Gasteiger partial charge in [0, 0.05) is 16.3 Å². The lowest BCUT2D eigenvalue weighted by molar-refractivity contribution is 0.359. The maximum absolute atomic E-state index is 3.81. The molecule has 1 nitrogen and oxygen atoms in total. The molecule has 0 radical (unpaired) electrons. The van der Waals surface area contributed by atoms with Gasteiger partial charge < -0.3 is 5.32 Å². The molecule has 1 saturated carbocycles. The van der Waals surface area contributed by atoms with Crippen LogP contribution >= 0.6 is 11.3 Å². The van der Waals surface area contributed by atoms with E-state index in [1.165, 1.54) is 42.5 Å². The molecule has 1 aliphatic rings. The van der Waals surface area contributed by atoms with E-state index >= 15 is 0 Å². The van der Waals surface area contributed by atoms with Gasteiger partial charge in [-0.1, -0.05) is 62.6 Å². The van der Waals surface area contributed by atoms with E-state index in [0.29, 0.717) is 0 Å². The average Bonchev–Trinajstić information content (AvgIpc) is 3.12. The normalized spacial score (nSPS) is 19.0. The largest absolute Gasteiger partial charge is 0.314 e. The first-order valence-corrected chi connectivity index (χ1v) is 9.50. The molecule has 0 amide bonds. The summed E-state index contributed by atoms with van der Waals surface area (Å²) in [6.07, 6.45) is 8.11. The first-order valence-electron chi connectivity index (χ1n) is 8.62. The lowest BCUT2D eigenvalue weighted by atomic mass is 9.78. The summed E-state index contributed by atoms with van der Waals surface area (Å²) in [5.41, 5.74) is 1.56. The molecule has 1 fully saturated rings. The molecule has 3 rings (SSSR count). The maximum Gasteiger partial charge on any atom is 0.0280 e. The molecule has 0 aliphatic heterocycles. The van der Waals surface area contributed by atoms with Gasteiger partial charge >= 0.3 is 0 Å². The molecule has 1 N–H and O–H groups in total. The van der Waals surface area contributed by atoms with Crippen LogP contribution < -0.4 is 5.32 Å². The van der Waals surface area contributed by atoms with Crippen LogP contribution in [-0.2, 0) is 5.41 Å². The van der Waals surface area contributed by atoms with Crippen LogP contribution in [0.4, 0.5) is 0 Å². The van der Waals surface area contributed by atoms with Gasteiger partial charge in [-0.05, 0) is 42.8 Å². The molecule has 1 atom stereocenters. The molecular formula is C20H27NS. The minimum atomic E-state index is 0.122. The highest BCUT2D eigenvalue weighted by Gasteiger charge is 2.29. The van der Waals surface area contributed by atoms with Crippen LogP contribution in [0.15, 0.2) is 47.8 Å². The van der Waals surface area contributed by atoms with E-state index in [0.717, 1.165) is 19.0 Å². The zero-order valence-electron chi connectivity index (χ0n) is 13.6. The molecule has 1 unspecified atom stereocenters. The molecule has 2 heteroatoms. The summed E-state index contributed by atoms with van der Waals surface area (Å²) in [6, 6.07) is 16.2. The molecule has 0 bridgehead atoms. The molecule has 0 saturated heterocycles. The van der Waals surface area contributed by atoms with Crippen LogP contribution in [-0.4, -0.2) is 12.6 Å². The summed E-state index contributed by atoms with van der Waals surface area (Å²) in [5, 5.41) is 6.01. The summed E-state index contributed by atoms with van der Waals surface area (Å²) in [4.78, 5) is 1.48. The Hall–Kier alpha value is -1.12. The van der Waals surface area contributed by atoms with Gasteiger partial charge in [-0.15, -0.1) is 11.3 Å². The van der Waals surface area contributed by atoms with Crippen molar-refractivity contribution in [2.45, 2.75) is 56.9 Å². The Bertz CT molecular complexity index is 542. The summed E-state index contributed by atoms with van der Waals surface area (Å²) >= 11 is 1.88. The number of hydrogen-bond donors (Lipinski definition) is 1. The van der Waals surface area contributed by atoms with Crippen LogP contribution in [0.1, 0.15) is 55.9 Å². The molecule has 118 valence electrons. The predicted octanol–water partition coefficient (Wildman–Crippen LogP) is 5.37. The van der Waals surface area contributed by atoms with Crippen molar-refractivity contribution >= 4 is 11.3 Å². The van der Waals surface area contributed by atoms with E-state index in [1.807, 2.05) is 11.3 Å². The van der Waals surface area contributed by atoms with Gasteiger partial charge in [-0.3, -0.25) is 0 Å². The van der Waals surface area contributed by atoms with Gasteiger partial charge in [0.25, 0.3) is 0 Å². The Morgan fingerprint density at radius 3 is 2.50 bits per heavy atom. The molecule has 22 heavy (non-hydrogen) atoms. The van der Waals surface area contributed by atoms with Gasteiger partial charge in [0.2, 0.25) is 0 Å². The number of nitrogens with one attached hydrogen (secondary N) is 1. The van der Waals surface area contributed by atoms with Gasteiger partial charge in [0.1, 0.15) is 0 Å². The molecule has 1 aromatic heterocycles. The fourth-order valence-electron chi connectivity index (χ4n) is 3.64. The summed E-state index contributed by atoms with van der Waals surface area (Å²) in [5.74, 6) is 0. The van der Waals surface area contributed by atoms with Crippen molar-refractivity contribution in [3.05, 3.63) is 58.3 Å². The minimum absolute atomic E-state index is 0.122. The zero-order valence-corrected chi connectivity index (χ0v) is 14.4. The van der Waals surface area contributed by atoms with E-state index < -0.39 is 0 Å². The first kappa shape index (κ1) is 15.8. The van der Waals surface area contributed by atoms with E-state index in [4.69, 9.17) is 0 Å². The highest BCUT2D eigenvalue weighted by Crippen LogP contribution is 2.37. The highest BCUT2D eigenvalue weighted by atomic mass is 32.1. The first-order chi connectivity index (χ1) is 10.8. The third-order valence-electron chi connectivity index (χ3n) is 5.14. The van der Waals surface area contributed by atoms with Gasteiger partial charge in [-0.2, -0.15) is 0 Å². The van der Waals surface area contributed by atoms with Crippen LogP contribution in [0, 0.1) is 0 Å². The Morgan fingerprint density at radius 2 is 1.82 bits per heavy atom. The van der Waals surface area contributed by atoms with Crippen LogP contribution in [0.5, 0.6) is 0 Å². The lowest BCUT2D eigenvalue weighted by Gasteiger charge is -2.31. The third-order valence-corrected chi connectivity index (χ3v) is 6.27. The van der Waals surface area contributed by atoms with Crippen molar-refractivity contribution in [2.75, 3.05) is 6.54 Å². The topological polar surface area (TPSA) is 12.0 Å².